The van der Waals surface area contributed by atoms with Gasteiger partial charge < -0.3 is 47.0 Å². The third-order valence-corrected chi connectivity index (χ3v) is 10.1. The lowest BCUT2D eigenvalue weighted by Gasteiger charge is -2.33. The van der Waals surface area contributed by atoms with Gasteiger partial charge in [-0.2, -0.15) is 11.8 Å². The van der Waals surface area contributed by atoms with Crippen LogP contribution in [0.3, 0.4) is 0 Å². The minimum atomic E-state index is -1.28. The average molecular weight is 754 g/mol. The Labute approximate surface area is 305 Å². The van der Waals surface area contributed by atoms with Gasteiger partial charge in [0.1, 0.15) is 0 Å². The monoisotopic (exact) mass is 753 g/mol. The number of carbonyl (C=O) groups is 6. The number of carboxylic acids is 4. The van der Waals surface area contributed by atoms with Crippen LogP contribution in [0.5, 0.6) is 0 Å². The van der Waals surface area contributed by atoms with E-state index < -0.39 is 56.1 Å². The summed E-state index contributed by atoms with van der Waals surface area (Å²) in [5.41, 5.74) is 1.34. The van der Waals surface area contributed by atoms with E-state index in [1.165, 1.54) is 4.90 Å². The summed E-state index contributed by atoms with van der Waals surface area (Å²) in [5.74, 6) is -4.17. The van der Waals surface area contributed by atoms with Crippen molar-refractivity contribution in [3.05, 3.63) is 29.8 Å². The Balaban J connectivity index is 1.37. The van der Waals surface area contributed by atoms with E-state index in [-0.39, 0.29) is 37.0 Å². The van der Waals surface area contributed by atoms with Crippen LogP contribution < -0.4 is 26.6 Å². The quantitative estimate of drug-likeness (QED) is 0.0395. The molecule has 4 atom stereocenters. The van der Waals surface area contributed by atoms with Gasteiger partial charge in [-0.25, -0.2) is 4.79 Å². The molecule has 19 heteroatoms. The predicted octanol–water partition coefficient (Wildman–Crippen LogP) is 0.449. The van der Waals surface area contributed by atoms with Gasteiger partial charge in [0.15, 0.2) is 5.11 Å². The average Bonchev–Trinajstić information content (AvgIpc) is 3.59. The van der Waals surface area contributed by atoms with Gasteiger partial charge in [-0.15, -0.1) is 0 Å². The van der Waals surface area contributed by atoms with Gasteiger partial charge in [0.25, 0.3) is 0 Å². The minimum Gasteiger partial charge on any atom is -0.480 e. The number of anilines is 1. The molecule has 0 spiro atoms. The van der Waals surface area contributed by atoms with E-state index in [2.05, 4.69) is 26.6 Å². The molecule has 1 unspecified atom stereocenters. The van der Waals surface area contributed by atoms with E-state index in [0.29, 0.717) is 41.1 Å². The summed E-state index contributed by atoms with van der Waals surface area (Å²) in [6.45, 7) is -1.58. The van der Waals surface area contributed by atoms with Gasteiger partial charge in [0.2, 0.25) is 5.91 Å². The molecule has 2 aliphatic rings. The zero-order valence-electron chi connectivity index (χ0n) is 28.2. The molecule has 2 saturated heterocycles. The van der Waals surface area contributed by atoms with Crippen molar-refractivity contribution in [1.82, 2.24) is 31.1 Å². The van der Waals surface area contributed by atoms with Crippen LogP contribution in [0.1, 0.15) is 44.1 Å². The summed E-state index contributed by atoms with van der Waals surface area (Å²) in [4.78, 5) is 71.7. The fourth-order valence-corrected chi connectivity index (χ4v) is 7.81. The highest BCUT2D eigenvalue weighted by Gasteiger charge is 2.42. The van der Waals surface area contributed by atoms with Crippen LogP contribution in [-0.4, -0.2) is 146 Å². The molecule has 3 amide bonds. The number of amides is 3. The van der Waals surface area contributed by atoms with E-state index in [1.807, 2.05) is 11.8 Å². The number of benzene rings is 1. The second-order valence-electron chi connectivity index (χ2n) is 12.5. The molecule has 2 fully saturated rings. The maximum atomic E-state index is 12.2. The summed E-state index contributed by atoms with van der Waals surface area (Å²) in [6.07, 6.45) is 4.83. The van der Waals surface area contributed by atoms with E-state index in [4.69, 9.17) is 12.2 Å². The van der Waals surface area contributed by atoms with Crippen molar-refractivity contribution >= 4 is 70.6 Å². The third kappa shape index (κ3) is 15.7. The molecule has 1 aromatic carbocycles. The van der Waals surface area contributed by atoms with Crippen molar-refractivity contribution in [3.63, 3.8) is 0 Å². The van der Waals surface area contributed by atoms with Gasteiger partial charge in [-0.1, -0.05) is 18.6 Å². The molecule has 2 aliphatic heterocycles. The summed E-state index contributed by atoms with van der Waals surface area (Å²) in [7, 11) is 0. The number of carboxylic acid groups (broad SMARTS) is 4. The van der Waals surface area contributed by atoms with Crippen LogP contribution in [0.4, 0.5) is 10.5 Å². The number of aliphatic carboxylic acids is 4. The molecule has 2 heterocycles. The van der Waals surface area contributed by atoms with E-state index in [1.54, 1.807) is 24.3 Å². The van der Waals surface area contributed by atoms with Crippen LogP contribution in [-0.2, 0) is 30.4 Å². The van der Waals surface area contributed by atoms with Crippen LogP contribution in [0.15, 0.2) is 24.3 Å². The van der Waals surface area contributed by atoms with Crippen molar-refractivity contribution in [1.29, 1.82) is 0 Å². The number of thiocarbonyl (C=S) groups is 1. The van der Waals surface area contributed by atoms with Gasteiger partial charge in [0, 0.05) is 48.8 Å². The smallest absolute Gasteiger partial charge is 0.317 e. The minimum absolute atomic E-state index is 0.0250. The molecule has 0 aliphatic carbocycles. The van der Waals surface area contributed by atoms with Crippen molar-refractivity contribution in [2.24, 2.45) is 0 Å². The first-order valence-electron chi connectivity index (χ1n) is 16.7. The van der Waals surface area contributed by atoms with Crippen molar-refractivity contribution in [3.8, 4) is 0 Å². The van der Waals surface area contributed by atoms with Crippen molar-refractivity contribution < 1.29 is 49.2 Å². The van der Waals surface area contributed by atoms with Gasteiger partial charge in [0.05, 0.1) is 38.3 Å². The number of thioether (sulfide) groups is 1. The predicted molar refractivity (Wildman–Crippen MR) is 193 cm³/mol. The number of hydrogen-bond donors (Lipinski definition) is 9. The Morgan fingerprint density at radius 3 is 2.06 bits per heavy atom. The number of carbonyl (C=O) groups excluding carboxylic acids is 2. The number of hydrogen-bond acceptors (Lipinski definition) is 10. The molecular weight excluding hydrogens is 707 g/mol. The fraction of sp³-hybridized carbons (Fsp3) is 0.594. The molecule has 51 heavy (non-hydrogen) atoms. The fourth-order valence-electron chi connectivity index (χ4n) is 6.05. The second-order valence-corrected chi connectivity index (χ2v) is 14.2. The summed E-state index contributed by atoms with van der Waals surface area (Å²) < 4.78 is 0. The van der Waals surface area contributed by atoms with Crippen LogP contribution in [0.25, 0.3) is 0 Å². The molecular formula is C32H47N7O10S2. The lowest BCUT2D eigenvalue weighted by atomic mass is 10.0. The van der Waals surface area contributed by atoms with E-state index >= 15 is 0 Å². The maximum absolute atomic E-state index is 12.2. The van der Waals surface area contributed by atoms with Crippen LogP contribution in [0, 0.1) is 0 Å². The zero-order valence-corrected chi connectivity index (χ0v) is 29.8. The lowest BCUT2D eigenvalue weighted by molar-refractivity contribution is -0.146. The molecule has 0 saturated carbocycles. The number of rotatable bonds is 24. The standard InChI is InChI=1S/C32H47N7O10S2/c40-25(6-2-1-5-24-30-23(19-51-24)36-31(49)37-30)33-11-3-4-12-34-32(50)35-21-9-7-20(8-10-21)13-22(39(17-28(45)46)18-29(47)48)14-38(15-26(41)42)16-27(43)44/h7-10,22-24,30H,1-6,11-19H2,(H,33,40)(H,41,42)(H,43,44)(H,45,46)(H,47,48)(H2,34,35,50)(H2,36,37,49)/t22?,23-,24-,30-/m0/s1. The molecule has 282 valence electrons. The SMILES string of the molecule is O=C(O)CN(CC(=O)O)CC(Cc1ccc(NC(=S)NCCCCNC(=O)CCCC[C@@H]2SC[C@@H]3NC(=O)N[C@@H]32)cc1)N(CC(=O)O)CC(=O)O. The molecule has 9 N–H and O–H groups in total. The largest absolute Gasteiger partial charge is 0.480 e. The first-order chi connectivity index (χ1) is 24.3. The number of fused-ring (bicyclic) bond motifs is 1. The number of urea groups is 1. The van der Waals surface area contributed by atoms with Gasteiger partial charge in [-0.3, -0.25) is 33.8 Å². The molecule has 3 rings (SSSR count). The number of nitrogens with zero attached hydrogens (tertiary/aromatic N) is 2. The molecule has 0 aromatic heterocycles. The molecule has 0 radical (unpaired) electrons. The zero-order chi connectivity index (χ0) is 37.3. The third-order valence-electron chi connectivity index (χ3n) is 8.35. The van der Waals surface area contributed by atoms with E-state index in [9.17, 15) is 49.2 Å². The lowest BCUT2D eigenvalue weighted by Crippen LogP contribution is -2.50. The normalized spacial score (nSPS) is 18.4. The van der Waals surface area contributed by atoms with Crippen LogP contribution >= 0.6 is 24.0 Å². The summed E-state index contributed by atoms with van der Waals surface area (Å²) >= 11 is 7.25. The first-order valence-corrected chi connectivity index (χ1v) is 18.2. The van der Waals surface area contributed by atoms with E-state index in [0.717, 1.165) is 42.8 Å². The highest BCUT2D eigenvalue weighted by Crippen LogP contribution is 2.33. The van der Waals surface area contributed by atoms with Gasteiger partial charge >= 0.3 is 29.9 Å². The Kier molecular flexibility index (Phi) is 17.2. The topological polar surface area (TPSA) is 250 Å². The summed E-state index contributed by atoms with van der Waals surface area (Å²) in [6, 6.07) is 6.39. The summed E-state index contributed by atoms with van der Waals surface area (Å²) in [5, 5.41) is 53.1. The molecule has 0 bridgehead atoms. The highest BCUT2D eigenvalue weighted by atomic mass is 32.2. The number of nitrogens with one attached hydrogen (secondary N) is 5. The molecule has 1 aromatic rings. The molecule has 17 nitrogen and oxygen atoms in total. The Morgan fingerprint density at radius 2 is 1.45 bits per heavy atom. The number of unbranched alkanes of at least 4 members (excludes halogenated alkanes) is 2. The second kappa shape index (κ2) is 21.2. The van der Waals surface area contributed by atoms with Crippen molar-refractivity contribution in [2.75, 3.05) is 56.9 Å². The van der Waals surface area contributed by atoms with Crippen molar-refractivity contribution in [2.45, 2.75) is 68.3 Å². The Morgan fingerprint density at radius 1 is 0.843 bits per heavy atom. The van der Waals surface area contributed by atoms with Crippen LogP contribution in [0.2, 0.25) is 0 Å². The Bertz CT molecular complexity index is 1350. The Hall–Kier alpha value is -4.20. The van der Waals surface area contributed by atoms with Gasteiger partial charge in [-0.05, 0) is 62.0 Å². The maximum Gasteiger partial charge on any atom is 0.317 e. The first kappa shape index (κ1) is 41.2. The highest BCUT2D eigenvalue weighted by molar-refractivity contribution is 8.00.